The predicted octanol–water partition coefficient (Wildman–Crippen LogP) is 4.59. The number of hydrogen-bond donors (Lipinski definition) is 0. The molecule has 0 heterocycles. The molecule has 0 unspecified atom stereocenters. The second-order valence-electron chi connectivity index (χ2n) is 3.92. The van der Waals surface area contributed by atoms with E-state index in [1.54, 1.807) is 36.4 Å². The highest BCUT2D eigenvalue weighted by molar-refractivity contribution is 8.16. The first kappa shape index (κ1) is 16.4. The maximum atomic E-state index is 13.6. The van der Waals surface area contributed by atoms with Gasteiger partial charge in [-0.3, -0.25) is 0 Å². The topological polar surface area (TPSA) is 37.4 Å². The summed E-state index contributed by atoms with van der Waals surface area (Å²) in [5, 5.41) is 0. The van der Waals surface area contributed by atoms with Crippen LogP contribution in [0.5, 0.6) is 0 Å². The molecule has 112 valence electrons. The molecule has 2 aromatic rings. The number of anilines is 1. The molecule has 8 heteroatoms. The Labute approximate surface area is 136 Å². The molecular formula is C13H10Cl2FNO2S2. The van der Waals surface area contributed by atoms with Crippen LogP contribution in [0.15, 0.2) is 65.6 Å². The Balaban J connectivity index is 2.50. The van der Waals surface area contributed by atoms with Gasteiger partial charge in [0, 0.05) is 11.9 Å². The van der Waals surface area contributed by atoms with E-state index in [2.05, 4.69) is 0 Å². The molecule has 3 nitrogen and oxygen atoms in total. The van der Waals surface area contributed by atoms with Crippen molar-refractivity contribution in [3.63, 3.8) is 0 Å². The van der Waals surface area contributed by atoms with Gasteiger partial charge in [0.15, 0.2) is 0 Å². The van der Waals surface area contributed by atoms with E-state index in [4.69, 9.17) is 23.2 Å². The zero-order valence-electron chi connectivity index (χ0n) is 10.5. The first-order valence-electron chi connectivity index (χ1n) is 5.72. The molecule has 0 amide bonds. The maximum Gasteiger partial charge on any atom is 0.324 e. The molecule has 0 fully saturated rings. The highest BCUT2D eigenvalue weighted by Crippen LogP contribution is 2.43. The van der Waals surface area contributed by atoms with Crippen molar-refractivity contribution in [1.29, 1.82) is 0 Å². The lowest BCUT2D eigenvalue weighted by atomic mass is 10.3. The van der Waals surface area contributed by atoms with Crippen LogP contribution < -0.4 is 3.71 Å². The maximum absolute atomic E-state index is 13.6. The van der Waals surface area contributed by atoms with E-state index in [0.29, 0.717) is 0 Å². The molecule has 2 rings (SSSR count). The summed E-state index contributed by atoms with van der Waals surface area (Å²) in [5.74, 6) is 0. The number of benzene rings is 2. The summed E-state index contributed by atoms with van der Waals surface area (Å²) in [7, 11) is -4.00. The zero-order valence-corrected chi connectivity index (χ0v) is 13.6. The van der Waals surface area contributed by atoms with Crippen molar-refractivity contribution in [3.05, 3.63) is 60.7 Å². The molecular weight excluding hydrogens is 356 g/mol. The summed E-state index contributed by atoms with van der Waals surface area (Å²) in [6.45, 7) is 0. The molecule has 0 saturated carbocycles. The van der Waals surface area contributed by atoms with Gasteiger partial charge in [-0.1, -0.05) is 59.6 Å². The second-order valence-corrected chi connectivity index (χ2v) is 8.73. The van der Waals surface area contributed by atoms with Crippen molar-refractivity contribution in [2.24, 2.45) is 0 Å². The molecule has 0 atom stereocenters. The summed E-state index contributed by atoms with van der Waals surface area (Å²) in [4.78, 5) is 0.0129. The Bertz CT molecular complexity index is 691. The minimum absolute atomic E-state index is 0.0129. The normalized spacial score (nSPS) is 12.1. The van der Waals surface area contributed by atoms with Crippen molar-refractivity contribution in [3.8, 4) is 0 Å². The number of sulfonamides is 1. The molecule has 0 radical (unpaired) electrons. The van der Waals surface area contributed by atoms with Crippen LogP contribution in [0.2, 0.25) is 0 Å². The van der Waals surface area contributed by atoms with Gasteiger partial charge >= 0.3 is 3.92 Å². The number of para-hydroxylation sites is 1. The van der Waals surface area contributed by atoms with E-state index in [0.717, 1.165) is 3.71 Å². The Morgan fingerprint density at radius 2 is 1.43 bits per heavy atom. The van der Waals surface area contributed by atoms with Gasteiger partial charge in [-0.15, -0.1) is 0 Å². The second kappa shape index (κ2) is 6.44. The molecule has 0 aliphatic carbocycles. The third-order valence-electron chi connectivity index (χ3n) is 2.41. The van der Waals surface area contributed by atoms with E-state index in [9.17, 15) is 12.8 Å². The highest BCUT2D eigenvalue weighted by Gasteiger charge is 2.35. The zero-order chi connectivity index (χ0) is 15.5. The molecule has 0 aliphatic rings. The average Bonchev–Trinajstić information content (AvgIpc) is 2.46. The number of hydrogen-bond acceptors (Lipinski definition) is 3. The van der Waals surface area contributed by atoms with Gasteiger partial charge < -0.3 is 0 Å². The fourth-order valence-corrected chi connectivity index (χ4v) is 4.70. The highest BCUT2D eigenvalue weighted by atomic mass is 35.5. The van der Waals surface area contributed by atoms with Crippen molar-refractivity contribution in [1.82, 2.24) is 0 Å². The molecule has 0 saturated heterocycles. The summed E-state index contributed by atoms with van der Waals surface area (Å²) in [6, 6.07) is 15.7. The molecule has 2 aromatic carbocycles. The third kappa shape index (κ3) is 4.26. The quantitative estimate of drug-likeness (QED) is 0.574. The first-order valence-corrected chi connectivity index (χ1v) is 8.69. The van der Waals surface area contributed by atoms with Gasteiger partial charge in [-0.2, -0.15) is 4.39 Å². The van der Waals surface area contributed by atoms with Crippen LogP contribution in [0.1, 0.15) is 0 Å². The summed E-state index contributed by atoms with van der Waals surface area (Å²) < 4.78 is 36.8. The molecule has 0 aromatic heterocycles. The Morgan fingerprint density at radius 1 is 0.952 bits per heavy atom. The standard InChI is InChI=1S/C13H10Cl2FNO2S2/c14-13(15,16)20-17(11-7-3-1-4-8-11)21(18,19)12-9-5-2-6-10-12/h1-10H. The fourth-order valence-electron chi connectivity index (χ4n) is 1.57. The summed E-state index contributed by atoms with van der Waals surface area (Å²) in [6.07, 6.45) is 0. The van der Waals surface area contributed by atoms with Crippen LogP contribution >= 0.6 is 35.1 Å². The Morgan fingerprint density at radius 3 is 1.90 bits per heavy atom. The third-order valence-corrected chi connectivity index (χ3v) is 5.74. The van der Waals surface area contributed by atoms with Crippen LogP contribution in [0.25, 0.3) is 0 Å². The molecule has 0 aliphatic heterocycles. The lowest BCUT2D eigenvalue weighted by molar-refractivity contribution is 0.515. The van der Waals surface area contributed by atoms with E-state index >= 15 is 0 Å². The smallest absolute Gasteiger partial charge is 0.202 e. The SMILES string of the molecule is O=S(=O)(c1ccccc1)N(SC(F)(Cl)Cl)c1ccccc1. The predicted molar refractivity (Wildman–Crippen MR) is 85.7 cm³/mol. The lowest BCUT2D eigenvalue weighted by Gasteiger charge is -2.25. The van der Waals surface area contributed by atoms with E-state index in [-0.39, 0.29) is 22.5 Å². The molecule has 0 N–H and O–H groups in total. The van der Waals surface area contributed by atoms with Crippen LogP contribution in [-0.2, 0) is 10.0 Å². The van der Waals surface area contributed by atoms with Gasteiger partial charge in [0.1, 0.15) is 0 Å². The van der Waals surface area contributed by atoms with Gasteiger partial charge in [-0.05, 0) is 24.3 Å². The van der Waals surface area contributed by atoms with Gasteiger partial charge in [0.2, 0.25) is 0 Å². The van der Waals surface area contributed by atoms with Crippen LogP contribution in [-0.4, -0.2) is 12.3 Å². The Hall–Kier alpha value is -0.950. The number of alkyl halides is 3. The van der Waals surface area contributed by atoms with E-state index in [1.807, 2.05) is 0 Å². The summed E-state index contributed by atoms with van der Waals surface area (Å²) >= 11 is 10.8. The van der Waals surface area contributed by atoms with Gasteiger partial charge in [-0.25, -0.2) is 12.1 Å². The van der Waals surface area contributed by atoms with Crippen LogP contribution in [0, 0.1) is 0 Å². The Kier molecular flexibility index (Phi) is 5.03. The minimum atomic E-state index is -4.00. The monoisotopic (exact) mass is 365 g/mol. The van der Waals surface area contributed by atoms with Gasteiger partial charge in [0.25, 0.3) is 10.0 Å². The van der Waals surface area contributed by atoms with E-state index in [1.165, 1.54) is 24.3 Å². The van der Waals surface area contributed by atoms with Crippen molar-refractivity contribution < 1.29 is 12.8 Å². The first-order chi connectivity index (χ1) is 9.81. The number of nitrogens with zero attached hydrogens (tertiary/aromatic N) is 1. The summed E-state index contributed by atoms with van der Waals surface area (Å²) in [5.41, 5.74) is 0.245. The van der Waals surface area contributed by atoms with Crippen LogP contribution in [0.3, 0.4) is 0 Å². The van der Waals surface area contributed by atoms with Crippen molar-refractivity contribution in [2.75, 3.05) is 3.71 Å². The number of rotatable bonds is 5. The molecule has 0 bridgehead atoms. The van der Waals surface area contributed by atoms with Crippen molar-refractivity contribution >= 4 is 50.9 Å². The largest absolute Gasteiger partial charge is 0.324 e. The van der Waals surface area contributed by atoms with Crippen LogP contribution in [0.4, 0.5) is 10.1 Å². The van der Waals surface area contributed by atoms with E-state index < -0.39 is 13.9 Å². The fraction of sp³-hybridized carbons (Fsp3) is 0.0769. The molecule has 0 spiro atoms. The minimum Gasteiger partial charge on any atom is -0.202 e. The van der Waals surface area contributed by atoms with Gasteiger partial charge in [0.05, 0.1) is 10.6 Å². The average molecular weight is 366 g/mol. The lowest BCUT2D eigenvalue weighted by Crippen LogP contribution is -2.27. The van der Waals surface area contributed by atoms with Crippen molar-refractivity contribution in [2.45, 2.75) is 8.81 Å². The number of halogens is 3. The molecule has 21 heavy (non-hydrogen) atoms.